The van der Waals surface area contributed by atoms with E-state index in [9.17, 15) is 4.79 Å². The fraction of sp³-hybridized carbons (Fsp3) is 0.0667. The molecule has 0 N–H and O–H groups in total. The second-order valence-corrected chi connectivity index (χ2v) is 4.22. The molecule has 2 heterocycles. The second kappa shape index (κ2) is 4.94. The summed E-state index contributed by atoms with van der Waals surface area (Å²) in [5.41, 5.74) is 2.46. The van der Waals surface area contributed by atoms with Gasteiger partial charge in [0.2, 0.25) is 0 Å². The summed E-state index contributed by atoms with van der Waals surface area (Å²) in [4.78, 5) is 16.5. The Morgan fingerprint density at radius 2 is 1.89 bits per heavy atom. The zero-order valence-corrected chi connectivity index (χ0v) is 10.2. The molecule has 19 heavy (non-hydrogen) atoms. The van der Waals surface area contributed by atoms with Crippen LogP contribution in [0.4, 0.5) is 0 Å². The Hall–Kier alpha value is -2.62. The van der Waals surface area contributed by atoms with E-state index in [2.05, 4.69) is 15.2 Å². The average molecular weight is 249 g/mol. The van der Waals surface area contributed by atoms with Gasteiger partial charge in [0.25, 0.3) is 0 Å². The first kappa shape index (κ1) is 11.5. The molecular formula is C15H11N3O. The number of pyridine rings is 1. The highest BCUT2D eigenvalue weighted by atomic mass is 16.1. The quantitative estimate of drug-likeness (QED) is 0.669. The number of hydrogen-bond donors (Lipinski definition) is 0. The van der Waals surface area contributed by atoms with Crippen LogP contribution in [0.5, 0.6) is 0 Å². The van der Waals surface area contributed by atoms with Gasteiger partial charge in [-0.3, -0.25) is 9.78 Å². The van der Waals surface area contributed by atoms with Crippen molar-refractivity contribution in [3.63, 3.8) is 0 Å². The first-order valence-electron chi connectivity index (χ1n) is 5.97. The summed E-state index contributed by atoms with van der Waals surface area (Å²) in [5.74, 6) is 0.0336. The van der Waals surface area contributed by atoms with E-state index < -0.39 is 0 Å². The highest BCUT2D eigenvalue weighted by Gasteiger charge is 2.09. The topological polar surface area (TPSA) is 55.7 Å². The van der Waals surface area contributed by atoms with Crippen molar-refractivity contribution >= 4 is 16.7 Å². The van der Waals surface area contributed by atoms with Crippen molar-refractivity contribution in [1.29, 1.82) is 0 Å². The van der Waals surface area contributed by atoms with E-state index in [0.717, 1.165) is 16.5 Å². The number of rotatable bonds is 3. The van der Waals surface area contributed by atoms with Gasteiger partial charge in [0.15, 0.2) is 5.78 Å². The number of Topliss-reactive ketones (excluding diaryl/α,β-unsaturated/α-hetero) is 1. The number of fused-ring (bicyclic) bond motifs is 1. The standard InChI is InChI=1S/C15H11N3O/c19-15(12-6-8-17-18-10-12)9-11-5-7-16-14-4-2-1-3-13(11)14/h1-8,10H,9H2. The molecule has 0 unspecified atom stereocenters. The molecule has 92 valence electrons. The van der Waals surface area contributed by atoms with Crippen LogP contribution in [-0.4, -0.2) is 21.0 Å². The molecule has 0 saturated heterocycles. The molecule has 0 saturated carbocycles. The van der Waals surface area contributed by atoms with Crippen LogP contribution in [0, 0.1) is 0 Å². The molecule has 0 fully saturated rings. The minimum atomic E-state index is 0.0336. The molecule has 0 aliphatic rings. The van der Waals surface area contributed by atoms with Crippen molar-refractivity contribution in [3.05, 3.63) is 66.1 Å². The molecule has 4 nitrogen and oxygen atoms in total. The Morgan fingerprint density at radius 3 is 2.74 bits per heavy atom. The second-order valence-electron chi connectivity index (χ2n) is 4.22. The normalized spacial score (nSPS) is 10.5. The van der Waals surface area contributed by atoms with E-state index >= 15 is 0 Å². The number of carbonyl (C=O) groups excluding carboxylic acids is 1. The molecule has 0 atom stereocenters. The number of benzene rings is 1. The number of hydrogen-bond acceptors (Lipinski definition) is 4. The van der Waals surface area contributed by atoms with Crippen molar-refractivity contribution in [2.24, 2.45) is 0 Å². The van der Waals surface area contributed by atoms with Gasteiger partial charge in [0.05, 0.1) is 17.9 Å². The third-order valence-corrected chi connectivity index (χ3v) is 3.00. The number of carbonyl (C=O) groups is 1. The minimum Gasteiger partial charge on any atom is -0.294 e. The van der Waals surface area contributed by atoms with Gasteiger partial charge in [-0.2, -0.15) is 10.2 Å². The van der Waals surface area contributed by atoms with Crippen LogP contribution in [-0.2, 0) is 6.42 Å². The van der Waals surface area contributed by atoms with Crippen LogP contribution in [0.15, 0.2) is 55.0 Å². The van der Waals surface area contributed by atoms with Crippen LogP contribution in [0.3, 0.4) is 0 Å². The summed E-state index contributed by atoms with van der Waals surface area (Å²) in [7, 11) is 0. The lowest BCUT2D eigenvalue weighted by atomic mass is 10.0. The zero-order chi connectivity index (χ0) is 13.1. The third-order valence-electron chi connectivity index (χ3n) is 3.00. The summed E-state index contributed by atoms with van der Waals surface area (Å²) in [6, 6.07) is 11.4. The van der Waals surface area contributed by atoms with Gasteiger partial charge < -0.3 is 0 Å². The van der Waals surface area contributed by atoms with E-state index in [1.807, 2.05) is 30.3 Å². The lowest BCUT2D eigenvalue weighted by Crippen LogP contribution is -2.05. The largest absolute Gasteiger partial charge is 0.294 e. The van der Waals surface area contributed by atoms with Gasteiger partial charge in [0, 0.05) is 23.6 Å². The Kier molecular flexibility index (Phi) is 2.98. The number of ketones is 1. The lowest BCUT2D eigenvalue weighted by Gasteiger charge is -2.05. The smallest absolute Gasteiger partial charge is 0.168 e. The van der Waals surface area contributed by atoms with Crippen LogP contribution in [0.2, 0.25) is 0 Å². The first-order chi connectivity index (χ1) is 9.34. The van der Waals surface area contributed by atoms with Crippen LogP contribution >= 0.6 is 0 Å². The Morgan fingerprint density at radius 1 is 1.00 bits per heavy atom. The number of para-hydroxylation sites is 1. The summed E-state index contributed by atoms with van der Waals surface area (Å²) in [6.07, 6.45) is 5.09. The van der Waals surface area contributed by atoms with Gasteiger partial charge in [-0.1, -0.05) is 18.2 Å². The average Bonchev–Trinajstić information content (AvgIpc) is 2.48. The van der Waals surface area contributed by atoms with Crippen molar-refractivity contribution in [1.82, 2.24) is 15.2 Å². The SMILES string of the molecule is O=C(Cc1ccnc2ccccc12)c1ccnnc1. The van der Waals surface area contributed by atoms with Crippen molar-refractivity contribution in [3.8, 4) is 0 Å². The first-order valence-corrected chi connectivity index (χ1v) is 5.97. The minimum absolute atomic E-state index is 0.0336. The maximum absolute atomic E-state index is 12.2. The predicted octanol–water partition coefficient (Wildman–Crippen LogP) is 2.45. The molecule has 0 radical (unpaired) electrons. The highest BCUT2D eigenvalue weighted by molar-refractivity contribution is 5.99. The Bertz CT molecular complexity index is 720. The molecule has 0 aliphatic carbocycles. The highest BCUT2D eigenvalue weighted by Crippen LogP contribution is 2.17. The Balaban J connectivity index is 1.96. The van der Waals surface area contributed by atoms with Gasteiger partial charge in [-0.15, -0.1) is 0 Å². The molecule has 0 bridgehead atoms. The number of aromatic nitrogens is 3. The predicted molar refractivity (Wildman–Crippen MR) is 71.8 cm³/mol. The molecular weight excluding hydrogens is 238 g/mol. The summed E-state index contributed by atoms with van der Waals surface area (Å²) < 4.78 is 0. The summed E-state index contributed by atoms with van der Waals surface area (Å²) >= 11 is 0. The molecule has 0 amide bonds. The molecule has 1 aromatic carbocycles. The van der Waals surface area contributed by atoms with E-state index in [4.69, 9.17) is 0 Å². The van der Waals surface area contributed by atoms with E-state index in [1.54, 1.807) is 12.3 Å². The van der Waals surface area contributed by atoms with Crippen molar-refractivity contribution in [2.45, 2.75) is 6.42 Å². The molecule has 3 aromatic rings. The van der Waals surface area contributed by atoms with Gasteiger partial charge >= 0.3 is 0 Å². The molecule has 0 spiro atoms. The van der Waals surface area contributed by atoms with Gasteiger partial charge in [-0.25, -0.2) is 0 Å². The molecule has 4 heteroatoms. The third kappa shape index (κ3) is 2.33. The summed E-state index contributed by atoms with van der Waals surface area (Å²) in [5, 5.41) is 8.41. The zero-order valence-electron chi connectivity index (χ0n) is 10.2. The number of nitrogens with zero attached hydrogens (tertiary/aromatic N) is 3. The fourth-order valence-electron chi connectivity index (χ4n) is 2.04. The monoisotopic (exact) mass is 249 g/mol. The van der Waals surface area contributed by atoms with Crippen LogP contribution in [0.25, 0.3) is 10.9 Å². The molecule has 3 rings (SSSR count). The maximum Gasteiger partial charge on any atom is 0.168 e. The van der Waals surface area contributed by atoms with Gasteiger partial charge in [0.1, 0.15) is 0 Å². The fourth-order valence-corrected chi connectivity index (χ4v) is 2.04. The van der Waals surface area contributed by atoms with Crippen molar-refractivity contribution < 1.29 is 4.79 Å². The van der Waals surface area contributed by atoms with Crippen LogP contribution in [0.1, 0.15) is 15.9 Å². The van der Waals surface area contributed by atoms with Gasteiger partial charge in [-0.05, 0) is 23.8 Å². The maximum atomic E-state index is 12.2. The summed E-state index contributed by atoms with van der Waals surface area (Å²) in [6.45, 7) is 0. The van der Waals surface area contributed by atoms with Crippen LogP contribution < -0.4 is 0 Å². The molecule has 2 aromatic heterocycles. The molecule has 0 aliphatic heterocycles. The van der Waals surface area contributed by atoms with E-state index in [1.165, 1.54) is 12.4 Å². The Labute approximate surface area is 110 Å². The van der Waals surface area contributed by atoms with E-state index in [-0.39, 0.29) is 5.78 Å². The van der Waals surface area contributed by atoms with E-state index in [0.29, 0.717) is 12.0 Å². The lowest BCUT2D eigenvalue weighted by molar-refractivity contribution is 0.0993. The van der Waals surface area contributed by atoms with Crippen molar-refractivity contribution in [2.75, 3.05) is 0 Å².